The number of aryl methyl sites for hydroxylation is 1. The van der Waals surface area contributed by atoms with Crippen LogP contribution in [0.2, 0.25) is 0 Å². The Labute approximate surface area is 163 Å². The lowest BCUT2D eigenvalue weighted by atomic mass is 10.2. The first kappa shape index (κ1) is 18.4. The summed E-state index contributed by atoms with van der Waals surface area (Å²) in [6, 6.07) is 11.6. The Hall–Kier alpha value is -2.93. The van der Waals surface area contributed by atoms with Gasteiger partial charge in [-0.05, 0) is 31.5 Å². The Morgan fingerprint density at radius 2 is 2.11 bits per heavy atom. The van der Waals surface area contributed by atoms with Crippen LogP contribution < -0.4 is 0 Å². The van der Waals surface area contributed by atoms with E-state index in [-0.39, 0.29) is 18.4 Å². The van der Waals surface area contributed by atoms with E-state index in [0.717, 1.165) is 12.0 Å². The molecule has 1 saturated heterocycles. The van der Waals surface area contributed by atoms with Gasteiger partial charge in [-0.25, -0.2) is 4.98 Å². The van der Waals surface area contributed by atoms with E-state index >= 15 is 0 Å². The Morgan fingerprint density at radius 1 is 1.25 bits per heavy atom. The molecule has 146 valence electrons. The van der Waals surface area contributed by atoms with Crippen LogP contribution in [-0.4, -0.2) is 51.4 Å². The average Bonchev–Trinajstić information content (AvgIpc) is 3.27. The van der Waals surface area contributed by atoms with Gasteiger partial charge in [0.2, 0.25) is 11.8 Å². The first-order chi connectivity index (χ1) is 13.7. The second kappa shape index (κ2) is 8.39. The van der Waals surface area contributed by atoms with Gasteiger partial charge in [0.1, 0.15) is 5.76 Å². The summed E-state index contributed by atoms with van der Waals surface area (Å²) in [5.74, 6) is 1.29. The zero-order valence-corrected chi connectivity index (χ0v) is 16.0. The number of amides is 1. The number of aromatic nitrogens is 3. The molecule has 1 aliphatic heterocycles. The van der Waals surface area contributed by atoms with Crippen molar-refractivity contribution in [2.75, 3.05) is 19.7 Å². The van der Waals surface area contributed by atoms with Gasteiger partial charge in [-0.15, -0.1) is 0 Å². The summed E-state index contributed by atoms with van der Waals surface area (Å²) in [7, 11) is 0. The molecule has 0 bridgehead atoms. The number of carbonyl (C=O) groups excluding carboxylic acids is 1. The summed E-state index contributed by atoms with van der Waals surface area (Å²) in [4.78, 5) is 19.4. The van der Waals surface area contributed by atoms with Crippen molar-refractivity contribution in [3.05, 3.63) is 60.2 Å². The van der Waals surface area contributed by atoms with Crippen LogP contribution in [0.3, 0.4) is 0 Å². The number of benzene rings is 1. The SMILES string of the molecule is Cc1oc(-c2ccccc2)nc1CC(=O)N1CCCOC(Cn2cccn2)C1. The molecular formula is C21H24N4O3. The molecule has 1 atom stereocenters. The molecule has 7 nitrogen and oxygen atoms in total. The van der Waals surface area contributed by atoms with E-state index in [9.17, 15) is 4.79 Å². The monoisotopic (exact) mass is 380 g/mol. The van der Waals surface area contributed by atoms with Gasteiger partial charge in [-0.2, -0.15) is 5.10 Å². The number of nitrogens with zero attached hydrogens (tertiary/aromatic N) is 4. The predicted octanol–water partition coefficient (Wildman–Crippen LogP) is 2.71. The molecule has 1 aliphatic rings. The minimum Gasteiger partial charge on any atom is -0.441 e. The summed E-state index contributed by atoms with van der Waals surface area (Å²) in [5, 5.41) is 4.23. The van der Waals surface area contributed by atoms with Gasteiger partial charge in [-0.1, -0.05) is 18.2 Å². The molecule has 0 aliphatic carbocycles. The number of ether oxygens (including phenoxy) is 1. The first-order valence-electron chi connectivity index (χ1n) is 9.57. The molecule has 0 N–H and O–H groups in total. The van der Waals surface area contributed by atoms with Gasteiger partial charge < -0.3 is 14.1 Å². The topological polar surface area (TPSA) is 73.4 Å². The van der Waals surface area contributed by atoms with Crippen molar-refractivity contribution < 1.29 is 13.9 Å². The van der Waals surface area contributed by atoms with E-state index in [2.05, 4.69) is 10.1 Å². The molecule has 7 heteroatoms. The summed E-state index contributed by atoms with van der Waals surface area (Å²) in [6.07, 6.45) is 4.65. The van der Waals surface area contributed by atoms with Crippen LogP contribution in [0.5, 0.6) is 0 Å². The van der Waals surface area contributed by atoms with E-state index in [1.807, 2.05) is 59.1 Å². The summed E-state index contributed by atoms with van der Waals surface area (Å²) < 4.78 is 13.5. The van der Waals surface area contributed by atoms with Crippen LogP contribution in [-0.2, 0) is 22.5 Å². The van der Waals surface area contributed by atoms with Crippen molar-refractivity contribution in [2.45, 2.75) is 32.4 Å². The van der Waals surface area contributed by atoms with E-state index in [1.165, 1.54) is 0 Å². The third kappa shape index (κ3) is 4.31. The highest BCUT2D eigenvalue weighted by molar-refractivity contribution is 5.78. The van der Waals surface area contributed by atoms with Gasteiger partial charge in [0.25, 0.3) is 0 Å². The lowest BCUT2D eigenvalue weighted by molar-refractivity contribution is -0.131. The smallest absolute Gasteiger partial charge is 0.228 e. The zero-order valence-electron chi connectivity index (χ0n) is 16.0. The van der Waals surface area contributed by atoms with Gasteiger partial charge in [0, 0.05) is 37.7 Å². The third-order valence-corrected chi connectivity index (χ3v) is 4.88. The van der Waals surface area contributed by atoms with E-state index in [0.29, 0.717) is 43.6 Å². The molecule has 1 aromatic carbocycles. The predicted molar refractivity (Wildman–Crippen MR) is 104 cm³/mol. The maximum Gasteiger partial charge on any atom is 0.228 e. The van der Waals surface area contributed by atoms with Crippen molar-refractivity contribution in [3.63, 3.8) is 0 Å². The van der Waals surface area contributed by atoms with Crippen molar-refractivity contribution in [1.29, 1.82) is 0 Å². The molecule has 0 saturated carbocycles. The molecule has 1 amide bonds. The van der Waals surface area contributed by atoms with Crippen LogP contribution in [0.15, 0.2) is 53.2 Å². The maximum atomic E-state index is 12.9. The van der Waals surface area contributed by atoms with Gasteiger partial charge in [0.15, 0.2) is 0 Å². The van der Waals surface area contributed by atoms with Crippen LogP contribution in [0.1, 0.15) is 17.9 Å². The Morgan fingerprint density at radius 3 is 2.89 bits per heavy atom. The molecule has 1 fully saturated rings. The van der Waals surface area contributed by atoms with Crippen LogP contribution in [0.4, 0.5) is 0 Å². The fourth-order valence-electron chi connectivity index (χ4n) is 3.40. The second-order valence-electron chi connectivity index (χ2n) is 6.98. The first-order valence-corrected chi connectivity index (χ1v) is 9.57. The number of rotatable bonds is 5. The quantitative estimate of drug-likeness (QED) is 0.680. The van der Waals surface area contributed by atoms with Crippen LogP contribution in [0, 0.1) is 6.92 Å². The zero-order chi connectivity index (χ0) is 19.3. The molecule has 0 spiro atoms. The maximum absolute atomic E-state index is 12.9. The Bertz CT molecular complexity index is 905. The highest BCUT2D eigenvalue weighted by atomic mass is 16.5. The van der Waals surface area contributed by atoms with E-state index in [1.54, 1.807) is 6.20 Å². The molecule has 3 heterocycles. The molecular weight excluding hydrogens is 356 g/mol. The number of carbonyl (C=O) groups is 1. The molecule has 3 aromatic rings. The average molecular weight is 380 g/mol. The number of hydrogen-bond donors (Lipinski definition) is 0. The highest BCUT2D eigenvalue weighted by Gasteiger charge is 2.25. The largest absolute Gasteiger partial charge is 0.441 e. The van der Waals surface area contributed by atoms with Crippen LogP contribution >= 0.6 is 0 Å². The van der Waals surface area contributed by atoms with Crippen molar-refractivity contribution in [1.82, 2.24) is 19.7 Å². The summed E-state index contributed by atoms with van der Waals surface area (Å²) in [5.41, 5.74) is 1.60. The lowest BCUT2D eigenvalue weighted by Gasteiger charge is -2.23. The highest BCUT2D eigenvalue weighted by Crippen LogP contribution is 2.22. The molecule has 2 aromatic heterocycles. The molecule has 28 heavy (non-hydrogen) atoms. The van der Waals surface area contributed by atoms with E-state index in [4.69, 9.17) is 9.15 Å². The van der Waals surface area contributed by atoms with E-state index < -0.39 is 0 Å². The fourth-order valence-corrected chi connectivity index (χ4v) is 3.40. The molecule has 0 radical (unpaired) electrons. The third-order valence-electron chi connectivity index (χ3n) is 4.88. The molecule has 4 rings (SSSR count). The number of oxazole rings is 1. The minimum absolute atomic E-state index is 0.0481. The van der Waals surface area contributed by atoms with Crippen molar-refractivity contribution in [2.24, 2.45) is 0 Å². The van der Waals surface area contributed by atoms with Gasteiger partial charge in [-0.3, -0.25) is 9.48 Å². The van der Waals surface area contributed by atoms with Crippen molar-refractivity contribution in [3.8, 4) is 11.5 Å². The Kier molecular flexibility index (Phi) is 5.53. The normalized spacial score (nSPS) is 17.5. The lowest BCUT2D eigenvalue weighted by Crippen LogP contribution is -2.39. The van der Waals surface area contributed by atoms with Gasteiger partial charge >= 0.3 is 0 Å². The Balaban J connectivity index is 1.43. The second-order valence-corrected chi connectivity index (χ2v) is 6.98. The fraction of sp³-hybridized carbons (Fsp3) is 0.381. The van der Waals surface area contributed by atoms with Crippen LogP contribution in [0.25, 0.3) is 11.5 Å². The summed E-state index contributed by atoms with van der Waals surface area (Å²) >= 11 is 0. The standard InChI is InChI=1S/C21H24N4O3/c1-16-19(23-21(28-16)17-7-3-2-4-8-17)13-20(26)24-10-6-12-27-18(14-24)15-25-11-5-9-22-25/h2-5,7-9,11,18H,6,10,12-15H2,1H3. The minimum atomic E-state index is -0.0652. The van der Waals surface area contributed by atoms with Crippen molar-refractivity contribution >= 4 is 5.91 Å². The summed E-state index contributed by atoms with van der Waals surface area (Å²) in [6.45, 7) is 4.39. The number of hydrogen-bond acceptors (Lipinski definition) is 5. The van der Waals surface area contributed by atoms with Gasteiger partial charge in [0.05, 0.1) is 24.8 Å². The molecule has 1 unspecified atom stereocenters.